The summed E-state index contributed by atoms with van der Waals surface area (Å²) in [7, 11) is 0. The zero-order valence-corrected chi connectivity index (χ0v) is 14.6. The van der Waals surface area contributed by atoms with Crippen LogP contribution in [-0.2, 0) is 4.79 Å². The second-order valence-electron chi connectivity index (χ2n) is 6.62. The number of ether oxygens (including phenoxy) is 1. The molecule has 2 aromatic rings. The molecule has 0 saturated carbocycles. The van der Waals surface area contributed by atoms with Crippen LogP contribution >= 0.6 is 0 Å². The SMILES string of the molecule is CC(CC(=O)Nc1ccc(Oc2ccccc2)nc1)C1CCNCC1. The Labute approximate surface area is 148 Å². The molecule has 3 rings (SSSR count). The van der Waals surface area contributed by atoms with E-state index >= 15 is 0 Å². The fourth-order valence-electron chi connectivity index (χ4n) is 3.21. The Kier molecular flexibility index (Phi) is 6.01. The summed E-state index contributed by atoms with van der Waals surface area (Å²) in [5, 5.41) is 6.30. The number of hydrogen-bond acceptors (Lipinski definition) is 4. The van der Waals surface area contributed by atoms with Gasteiger partial charge in [-0.15, -0.1) is 0 Å². The van der Waals surface area contributed by atoms with Crippen molar-refractivity contribution in [3.63, 3.8) is 0 Å². The first-order chi connectivity index (χ1) is 12.2. The maximum Gasteiger partial charge on any atom is 0.224 e. The topological polar surface area (TPSA) is 63.2 Å². The number of nitrogens with one attached hydrogen (secondary N) is 2. The zero-order chi connectivity index (χ0) is 17.5. The monoisotopic (exact) mass is 339 g/mol. The minimum atomic E-state index is 0.0459. The van der Waals surface area contributed by atoms with Gasteiger partial charge in [-0.3, -0.25) is 4.79 Å². The number of piperidine rings is 1. The Hall–Kier alpha value is -2.40. The first-order valence-corrected chi connectivity index (χ1v) is 8.90. The third-order valence-corrected chi connectivity index (χ3v) is 4.68. The summed E-state index contributed by atoms with van der Waals surface area (Å²) >= 11 is 0. The lowest BCUT2D eigenvalue weighted by molar-refractivity contribution is -0.117. The quantitative estimate of drug-likeness (QED) is 0.839. The van der Waals surface area contributed by atoms with Crippen LogP contribution in [0.2, 0.25) is 0 Å². The highest BCUT2D eigenvalue weighted by molar-refractivity contribution is 5.90. The molecule has 1 aromatic carbocycles. The number of benzene rings is 1. The number of carbonyl (C=O) groups excluding carboxylic acids is 1. The molecule has 0 aliphatic carbocycles. The molecule has 1 aliphatic heterocycles. The van der Waals surface area contributed by atoms with Gasteiger partial charge in [0.15, 0.2) is 0 Å². The molecule has 1 aromatic heterocycles. The van der Waals surface area contributed by atoms with Gasteiger partial charge in [0, 0.05) is 12.5 Å². The standard InChI is InChI=1S/C20H25N3O2/c1-15(16-9-11-21-12-10-16)13-19(24)23-17-7-8-20(22-14-17)25-18-5-3-2-4-6-18/h2-8,14-16,21H,9-13H2,1H3,(H,23,24). The second kappa shape index (κ2) is 8.62. The van der Waals surface area contributed by atoms with E-state index in [1.54, 1.807) is 12.3 Å². The van der Waals surface area contributed by atoms with Gasteiger partial charge in [0.25, 0.3) is 0 Å². The minimum absolute atomic E-state index is 0.0459. The summed E-state index contributed by atoms with van der Waals surface area (Å²) in [6.45, 7) is 4.29. The van der Waals surface area contributed by atoms with Crippen LogP contribution in [0, 0.1) is 11.8 Å². The molecule has 5 heteroatoms. The first-order valence-electron chi connectivity index (χ1n) is 8.90. The highest BCUT2D eigenvalue weighted by atomic mass is 16.5. The molecule has 0 radical (unpaired) electrons. The molecule has 1 fully saturated rings. The molecule has 1 saturated heterocycles. The second-order valence-corrected chi connectivity index (χ2v) is 6.62. The van der Waals surface area contributed by atoms with Crippen molar-refractivity contribution in [2.24, 2.45) is 11.8 Å². The van der Waals surface area contributed by atoms with Crippen molar-refractivity contribution in [2.75, 3.05) is 18.4 Å². The van der Waals surface area contributed by atoms with Gasteiger partial charge in [-0.05, 0) is 56.0 Å². The molecule has 1 amide bonds. The van der Waals surface area contributed by atoms with Crippen LogP contribution in [0.5, 0.6) is 11.6 Å². The fourth-order valence-corrected chi connectivity index (χ4v) is 3.21. The van der Waals surface area contributed by atoms with Gasteiger partial charge in [-0.2, -0.15) is 0 Å². The Morgan fingerprint density at radius 3 is 2.68 bits per heavy atom. The zero-order valence-electron chi connectivity index (χ0n) is 14.6. The molecule has 1 aliphatic rings. The lowest BCUT2D eigenvalue weighted by Gasteiger charge is -2.27. The van der Waals surface area contributed by atoms with Gasteiger partial charge in [0.2, 0.25) is 11.8 Å². The summed E-state index contributed by atoms with van der Waals surface area (Å²) in [4.78, 5) is 16.5. The molecule has 1 atom stereocenters. The van der Waals surface area contributed by atoms with E-state index in [4.69, 9.17) is 4.74 Å². The van der Waals surface area contributed by atoms with Crippen LogP contribution in [-0.4, -0.2) is 24.0 Å². The van der Waals surface area contributed by atoms with Gasteiger partial charge in [-0.25, -0.2) is 4.98 Å². The maximum atomic E-state index is 12.3. The first kappa shape index (κ1) is 17.4. The van der Waals surface area contributed by atoms with E-state index < -0.39 is 0 Å². The third kappa shape index (κ3) is 5.29. The van der Waals surface area contributed by atoms with Gasteiger partial charge in [0.05, 0.1) is 11.9 Å². The van der Waals surface area contributed by atoms with Crippen molar-refractivity contribution in [3.05, 3.63) is 48.7 Å². The van der Waals surface area contributed by atoms with E-state index in [0.717, 1.165) is 31.7 Å². The molecule has 2 heterocycles. The molecule has 25 heavy (non-hydrogen) atoms. The fraction of sp³-hybridized carbons (Fsp3) is 0.400. The van der Waals surface area contributed by atoms with E-state index in [0.29, 0.717) is 29.8 Å². The normalized spacial score (nSPS) is 16.2. The van der Waals surface area contributed by atoms with Crippen molar-refractivity contribution in [2.45, 2.75) is 26.2 Å². The number of nitrogens with zero attached hydrogens (tertiary/aromatic N) is 1. The maximum absolute atomic E-state index is 12.3. The number of carbonyl (C=O) groups is 1. The van der Waals surface area contributed by atoms with Crippen molar-refractivity contribution in [3.8, 4) is 11.6 Å². The van der Waals surface area contributed by atoms with E-state index in [1.165, 1.54) is 0 Å². The van der Waals surface area contributed by atoms with Gasteiger partial charge >= 0.3 is 0 Å². The summed E-state index contributed by atoms with van der Waals surface area (Å²) in [6.07, 6.45) is 4.49. The summed E-state index contributed by atoms with van der Waals surface area (Å²) in [6, 6.07) is 13.1. The number of para-hydroxylation sites is 1. The highest BCUT2D eigenvalue weighted by Gasteiger charge is 2.22. The number of anilines is 1. The van der Waals surface area contributed by atoms with Gasteiger partial charge in [-0.1, -0.05) is 25.1 Å². The smallest absolute Gasteiger partial charge is 0.224 e. The predicted octanol–water partition coefficient (Wildman–Crippen LogP) is 3.84. The van der Waals surface area contributed by atoms with Crippen molar-refractivity contribution < 1.29 is 9.53 Å². The highest BCUT2D eigenvalue weighted by Crippen LogP contribution is 2.25. The molecule has 2 N–H and O–H groups in total. The van der Waals surface area contributed by atoms with Gasteiger partial charge < -0.3 is 15.4 Å². The van der Waals surface area contributed by atoms with Crippen molar-refractivity contribution >= 4 is 11.6 Å². The lowest BCUT2D eigenvalue weighted by Crippen LogP contribution is -2.32. The van der Waals surface area contributed by atoms with Crippen LogP contribution in [0.15, 0.2) is 48.7 Å². The van der Waals surface area contributed by atoms with Crippen LogP contribution in [0.25, 0.3) is 0 Å². The van der Waals surface area contributed by atoms with Crippen molar-refractivity contribution in [1.29, 1.82) is 0 Å². The van der Waals surface area contributed by atoms with Crippen LogP contribution < -0.4 is 15.4 Å². The molecular weight excluding hydrogens is 314 g/mol. The average molecular weight is 339 g/mol. The molecule has 1 unspecified atom stereocenters. The number of hydrogen-bond donors (Lipinski definition) is 2. The number of rotatable bonds is 6. The molecule has 5 nitrogen and oxygen atoms in total. The Balaban J connectivity index is 1.49. The molecule has 132 valence electrons. The number of aromatic nitrogens is 1. The lowest BCUT2D eigenvalue weighted by atomic mass is 9.84. The number of pyridine rings is 1. The Bertz CT molecular complexity index is 667. The third-order valence-electron chi connectivity index (χ3n) is 4.68. The van der Waals surface area contributed by atoms with E-state index in [-0.39, 0.29) is 5.91 Å². The average Bonchev–Trinajstić information content (AvgIpc) is 2.65. The van der Waals surface area contributed by atoms with E-state index in [1.807, 2.05) is 36.4 Å². The van der Waals surface area contributed by atoms with Crippen LogP contribution in [0.3, 0.4) is 0 Å². The summed E-state index contributed by atoms with van der Waals surface area (Å²) in [5.74, 6) is 2.32. The largest absolute Gasteiger partial charge is 0.439 e. The van der Waals surface area contributed by atoms with Crippen LogP contribution in [0.4, 0.5) is 5.69 Å². The van der Waals surface area contributed by atoms with Crippen molar-refractivity contribution in [1.82, 2.24) is 10.3 Å². The van der Waals surface area contributed by atoms with Gasteiger partial charge in [0.1, 0.15) is 5.75 Å². The summed E-state index contributed by atoms with van der Waals surface area (Å²) < 4.78 is 5.65. The molecule has 0 spiro atoms. The van der Waals surface area contributed by atoms with Crippen LogP contribution in [0.1, 0.15) is 26.2 Å². The number of amides is 1. The summed E-state index contributed by atoms with van der Waals surface area (Å²) in [5.41, 5.74) is 0.697. The predicted molar refractivity (Wildman–Crippen MR) is 98.8 cm³/mol. The molecule has 0 bridgehead atoms. The molecular formula is C20H25N3O2. The Morgan fingerprint density at radius 2 is 2.00 bits per heavy atom. The minimum Gasteiger partial charge on any atom is -0.439 e. The Morgan fingerprint density at radius 1 is 1.24 bits per heavy atom. The van der Waals surface area contributed by atoms with E-state index in [9.17, 15) is 4.79 Å². The van der Waals surface area contributed by atoms with E-state index in [2.05, 4.69) is 22.5 Å².